The lowest BCUT2D eigenvalue weighted by atomic mass is 9.67. The van der Waals surface area contributed by atoms with Crippen molar-refractivity contribution in [3.63, 3.8) is 0 Å². The normalized spacial score (nSPS) is 22.5. The lowest BCUT2D eigenvalue weighted by Crippen LogP contribution is -2.54. The average molecular weight is 565 g/mol. The minimum atomic E-state index is -0.724. The lowest BCUT2D eigenvalue weighted by Gasteiger charge is -2.38. The van der Waals surface area contributed by atoms with Crippen molar-refractivity contribution in [3.8, 4) is 0 Å². The zero-order valence-electron chi connectivity index (χ0n) is 24.1. The van der Waals surface area contributed by atoms with Gasteiger partial charge in [-0.2, -0.15) is 0 Å². The molecule has 3 fully saturated rings. The Hall–Kier alpha value is -3.97. The molecule has 3 aliphatic rings. The van der Waals surface area contributed by atoms with Gasteiger partial charge in [0.2, 0.25) is 17.7 Å². The second-order valence-electron chi connectivity index (χ2n) is 11.9. The molecule has 0 aliphatic carbocycles. The number of benzene rings is 3. The topological polar surface area (TPSA) is 86.9 Å². The van der Waals surface area contributed by atoms with Crippen LogP contribution in [-0.4, -0.2) is 76.7 Å². The van der Waals surface area contributed by atoms with Crippen LogP contribution in [0.3, 0.4) is 0 Å². The first kappa shape index (κ1) is 28.2. The summed E-state index contributed by atoms with van der Waals surface area (Å²) in [4.78, 5) is 47.3. The monoisotopic (exact) mass is 564 g/mol. The van der Waals surface area contributed by atoms with E-state index in [0.717, 1.165) is 36.0 Å². The van der Waals surface area contributed by atoms with E-state index >= 15 is 0 Å². The van der Waals surface area contributed by atoms with E-state index in [9.17, 15) is 14.4 Å². The van der Waals surface area contributed by atoms with Gasteiger partial charge in [-0.15, -0.1) is 0 Å². The Bertz CT molecular complexity index is 1300. The number of rotatable bonds is 7. The summed E-state index contributed by atoms with van der Waals surface area (Å²) in [6.07, 6.45) is 3.83. The summed E-state index contributed by atoms with van der Waals surface area (Å²) in [5, 5.41) is 0. The standard InChI is InChI=1S/C35H40N4O3/c36-29-20-23-37(25-29)33(41)30-18-11-22-39(30)34(42)31-19-10-21-38(31)32(40)24-35(26-12-4-1-5-13-26,27-14-6-2-7-15-27)28-16-8-3-9-17-28/h1-9,12-17,29-31H,10-11,18-25,36H2/t29?,30-,31+/m1/s1. The van der Waals surface area contributed by atoms with Crippen LogP contribution in [0.5, 0.6) is 0 Å². The van der Waals surface area contributed by atoms with Gasteiger partial charge in [0.25, 0.3) is 0 Å². The van der Waals surface area contributed by atoms with Crippen LogP contribution in [-0.2, 0) is 19.8 Å². The largest absolute Gasteiger partial charge is 0.339 e. The Balaban J connectivity index is 1.30. The third-order valence-electron chi connectivity index (χ3n) is 9.43. The van der Waals surface area contributed by atoms with Gasteiger partial charge in [0.15, 0.2) is 0 Å². The van der Waals surface area contributed by atoms with E-state index in [0.29, 0.717) is 39.0 Å². The predicted molar refractivity (Wildman–Crippen MR) is 162 cm³/mol. The van der Waals surface area contributed by atoms with Crippen molar-refractivity contribution < 1.29 is 14.4 Å². The van der Waals surface area contributed by atoms with E-state index in [-0.39, 0.29) is 30.2 Å². The van der Waals surface area contributed by atoms with Crippen molar-refractivity contribution in [2.45, 2.75) is 62.1 Å². The molecule has 0 bridgehead atoms. The number of likely N-dealkylation sites (tertiary alicyclic amines) is 3. The van der Waals surface area contributed by atoms with Crippen LogP contribution in [0, 0.1) is 0 Å². The molecule has 2 N–H and O–H groups in total. The molecule has 6 rings (SSSR count). The molecule has 3 aromatic carbocycles. The highest BCUT2D eigenvalue weighted by molar-refractivity contribution is 5.93. The quantitative estimate of drug-likeness (QED) is 0.441. The van der Waals surface area contributed by atoms with Crippen LogP contribution in [0.2, 0.25) is 0 Å². The molecule has 0 radical (unpaired) electrons. The molecule has 218 valence electrons. The molecule has 3 atom stereocenters. The number of nitrogens with two attached hydrogens (primary N) is 1. The molecule has 0 saturated carbocycles. The van der Waals surface area contributed by atoms with Gasteiger partial charge in [0.05, 0.1) is 5.41 Å². The van der Waals surface area contributed by atoms with Crippen LogP contribution in [0.15, 0.2) is 91.0 Å². The molecule has 0 aromatic heterocycles. The molecule has 3 aliphatic heterocycles. The third-order valence-corrected chi connectivity index (χ3v) is 9.43. The summed E-state index contributed by atoms with van der Waals surface area (Å²) in [5.41, 5.74) is 8.44. The molecular formula is C35H40N4O3. The van der Waals surface area contributed by atoms with Gasteiger partial charge in [-0.3, -0.25) is 14.4 Å². The molecular weight excluding hydrogens is 524 g/mol. The first-order chi connectivity index (χ1) is 20.5. The zero-order valence-corrected chi connectivity index (χ0v) is 24.1. The van der Waals surface area contributed by atoms with Crippen molar-refractivity contribution in [2.24, 2.45) is 5.73 Å². The summed E-state index contributed by atoms with van der Waals surface area (Å²) >= 11 is 0. The summed E-state index contributed by atoms with van der Waals surface area (Å²) < 4.78 is 0. The predicted octanol–water partition coefficient (Wildman–Crippen LogP) is 3.95. The van der Waals surface area contributed by atoms with E-state index in [4.69, 9.17) is 5.73 Å². The fourth-order valence-corrected chi connectivity index (χ4v) is 7.30. The summed E-state index contributed by atoms with van der Waals surface area (Å²) in [7, 11) is 0. The van der Waals surface area contributed by atoms with Gasteiger partial charge in [-0.1, -0.05) is 91.0 Å². The van der Waals surface area contributed by atoms with E-state index in [1.54, 1.807) is 9.80 Å². The first-order valence-corrected chi connectivity index (χ1v) is 15.3. The minimum absolute atomic E-state index is 0.000855. The minimum Gasteiger partial charge on any atom is -0.339 e. The number of hydrogen-bond acceptors (Lipinski definition) is 4. The van der Waals surface area contributed by atoms with Gasteiger partial charge in [-0.05, 0) is 48.8 Å². The van der Waals surface area contributed by atoms with Crippen molar-refractivity contribution >= 4 is 17.7 Å². The molecule has 0 spiro atoms. The maximum Gasteiger partial charge on any atom is 0.246 e. The van der Waals surface area contributed by atoms with Crippen LogP contribution in [0.1, 0.15) is 55.2 Å². The Labute approximate surface area is 248 Å². The van der Waals surface area contributed by atoms with Crippen LogP contribution < -0.4 is 5.73 Å². The molecule has 3 amide bonds. The van der Waals surface area contributed by atoms with Crippen molar-refractivity contribution in [3.05, 3.63) is 108 Å². The number of nitrogens with zero attached hydrogens (tertiary/aromatic N) is 3. The smallest absolute Gasteiger partial charge is 0.246 e. The summed E-state index contributed by atoms with van der Waals surface area (Å²) in [6.45, 7) is 2.28. The molecule has 3 heterocycles. The fraction of sp³-hybridized carbons (Fsp3) is 0.400. The summed E-state index contributed by atoms with van der Waals surface area (Å²) in [6, 6.07) is 29.6. The van der Waals surface area contributed by atoms with Gasteiger partial charge < -0.3 is 20.4 Å². The second kappa shape index (κ2) is 12.1. The van der Waals surface area contributed by atoms with E-state index in [1.807, 2.05) is 59.5 Å². The fourth-order valence-electron chi connectivity index (χ4n) is 7.30. The van der Waals surface area contributed by atoms with Crippen LogP contribution >= 0.6 is 0 Å². The van der Waals surface area contributed by atoms with Crippen molar-refractivity contribution in [1.29, 1.82) is 0 Å². The van der Waals surface area contributed by atoms with Gasteiger partial charge in [0.1, 0.15) is 12.1 Å². The number of carbonyl (C=O) groups is 3. The van der Waals surface area contributed by atoms with E-state index in [1.165, 1.54) is 0 Å². The van der Waals surface area contributed by atoms with E-state index in [2.05, 4.69) is 36.4 Å². The molecule has 7 nitrogen and oxygen atoms in total. The molecule has 3 aromatic rings. The van der Waals surface area contributed by atoms with Gasteiger partial charge in [0, 0.05) is 38.6 Å². The lowest BCUT2D eigenvalue weighted by molar-refractivity contribution is -0.149. The van der Waals surface area contributed by atoms with Crippen LogP contribution in [0.4, 0.5) is 0 Å². The second-order valence-corrected chi connectivity index (χ2v) is 11.9. The molecule has 42 heavy (non-hydrogen) atoms. The molecule has 1 unspecified atom stereocenters. The highest BCUT2D eigenvalue weighted by Gasteiger charge is 2.46. The Morgan fingerprint density at radius 3 is 1.60 bits per heavy atom. The van der Waals surface area contributed by atoms with Gasteiger partial charge in [-0.25, -0.2) is 0 Å². The van der Waals surface area contributed by atoms with Crippen LogP contribution in [0.25, 0.3) is 0 Å². The SMILES string of the molecule is NC1CCN(C(=O)[C@H]2CCCN2C(=O)[C@@H]2CCCN2C(=O)CC(c2ccccc2)(c2ccccc2)c2ccccc2)C1. The Morgan fingerprint density at radius 1 is 0.643 bits per heavy atom. The van der Waals surface area contributed by atoms with Crippen molar-refractivity contribution in [1.82, 2.24) is 14.7 Å². The van der Waals surface area contributed by atoms with E-state index < -0.39 is 17.5 Å². The zero-order chi connectivity index (χ0) is 29.1. The third kappa shape index (κ3) is 5.22. The highest BCUT2D eigenvalue weighted by Crippen LogP contribution is 2.43. The molecule has 3 saturated heterocycles. The number of amides is 3. The Morgan fingerprint density at radius 2 is 1.12 bits per heavy atom. The number of carbonyl (C=O) groups excluding carboxylic acids is 3. The van der Waals surface area contributed by atoms with Gasteiger partial charge >= 0.3 is 0 Å². The Kier molecular flexibility index (Phi) is 8.11. The maximum atomic E-state index is 14.4. The average Bonchev–Trinajstić information content (AvgIpc) is 3.82. The number of hydrogen-bond donors (Lipinski definition) is 1. The molecule has 7 heteroatoms. The highest BCUT2D eigenvalue weighted by atomic mass is 16.2. The van der Waals surface area contributed by atoms with Crippen molar-refractivity contribution in [2.75, 3.05) is 26.2 Å². The maximum absolute atomic E-state index is 14.4. The first-order valence-electron chi connectivity index (χ1n) is 15.3. The summed E-state index contributed by atoms with van der Waals surface area (Å²) in [5.74, 6) is -0.138.